The molecule has 100 valence electrons. The third-order valence-corrected chi connectivity index (χ3v) is 3.87. The smallest absolute Gasteiger partial charge is 0.140 e. The molecule has 0 atom stereocenters. The van der Waals surface area contributed by atoms with E-state index in [1.54, 1.807) is 0 Å². The SMILES string of the molecule is Cc1cc(Sc2ccc(F)cc2F)c(CN)c(C)n1. The van der Waals surface area contributed by atoms with Gasteiger partial charge in [-0.1, -0.05) is 11.8 Å². The number of aromatic nitrogens is 1. The maximum Gasteiger partial charge on any atom is 0.140 e. The summed E-state index contributed by atoms with van der Waals surface area (Å²) in [6.07, 6.45) is 0. The van der Waals surface area contributed by atoms with Crippen LogP contribution in [0.2, 0.25) is 0 Å². The Hall–Kier alpha value is -1.46. The van der Waals surface area contributed by atoms with Crippen molar-refractivity contribution >= 4 is 11.8 Å². The molecule has 1 aromatic carbocycles. The molecule has 0 spiro atoms. The lowest BCUT2D eigenvalue weighted by Crippen LogP contribution is -2.04. The van der Waals surface area contributed by atoms with Gasteiger partial charge < -0.3 is 5.73 Å². The minimum atomic E-state index is -0.581. The van der Waals surface area contributed by atoms with Crippen LogP contribution < -0.4 is 5.73 Å². The van der Waals surface area contributed by atoms with Gasteiger partial charge in [0.2, 0.25) is 0 Å². The van der Waals surface area contributed by atoms with Crippen molar-refractivity contribution in [3.8, 4) is 0 Å². The van der Waals surface area contributed by atoms with E-state index >= 15 is 0 Å². The third-order valence-electron chi connectivity index (χ3n) is 2.74. The molecule has 19 heavy (non-hydrogen) atoms. The van der Waals surface area contributed by atoms with Crippen LogP contribution in [0.3, 0.4) is 0 Å². The second-order valence-electron chi connectivity index (χ2n) is 4.21. The largest absolute Gasteiger partial charge is 0.326 e. The number of aryl methyl sites for hydroxylation is 2. The highest BCUT2D eigenvalue weighted by Crippen LogP contribution is 2.33. The quantitative estimate of drug-likeness (QED) is 0.934. The summed E-state index contributed by atoms with van der Waals surface area (Å²) < 4.78 is 26.5. The van der Waals surface area contributed by atoms with Crippen molar-refractivity contribution in [1.29, 1.82) is 0 Å². The van der Waals surface area contributed by atoms with Crippen molar-refractivity contribution in [2.45, 2.75) is 30.2 Å². The second kappa shape index (κ2) is 5.67. The molecule has 0 unspecified atom stereocenters. The molecule has 2 nitrogen and oxygen atoms in total. The summed E-state index contributed by atoms with van der Waals surface area (Å²) in [4.78, 5) is 5.57. The average Bonchev–Trinajstić information content (AvgIpc) is 2.32. The molecule has 2 N–H and O–H groups in total. The summed E-state index contributed by atoms with van der Waals surface area (Å²) in [7, 11) is 0. The van der Waals surface area contributed by atoms with Gasteiger partial charge in [-0.2, -0.15) is 0 Å². The lowest BCUT2D eigenvalue weighted by Gasteiger charge is -2.11. The molecule has 0 saturated heterocycles. The first-order valence-electron chi connectivity index (χ1n) is 5.81. The Kier molecular flexibility index (Phi) is 4.17. The van der Waals surface area contributed by atoms with Crippen LogP contribution in [0.5, 0.6) is 0 Å². The van der Waals surface area contributed by atoms with Gasteiger partial charge in [0, 0.05) is 39.4 Å². The molecular formula is C14H14F2N2S. The summed E-state index contributed by atoms with van der Waals surface area (Å²) in [6, 6.07) is 5.42. The van der Waals surface area contributed by atoms with Crippen LogP contribution in [-0.2, 0) is 6.54 Å². The number of hydrogen-bond acceptors (Lipinski definition) is 3. The van der Waals surface area contributed by atoms with E-state index < -0.39 is 11.6 Å². The summed E-state index contributed by atoms with van der Waals surface area (Å²) in [5.74, 6) is -1.15. The lowest BCUT2D eigenvalue weighted by atomic mass is 10.2. The third kappa shape index (κ3) is 3.11. The highest BCUT2D eigenvalue weighted by Gasteiger charge is 2.11. The number of halogens is 2. The molecule has 0 aliphatic heterocycles. The van der Waals surface area contributed by atoms with Gasteiger partial charge in [-0.05, 0) is 32.0 Å². The predicted octanol–water partition coefficient (Wildman–Crippen LogP) is 3.59. The fourth-order valence-electron chi connectivity index (χ4n) is 1.84. The molecule has 0 saturated carbocycles. The Morgan fingerprint density at radius 2 is 1.89 bits per heavy atom. The Morgan fingerprint density at radius 3 is 2.53 bits per heavy atom. The van der Waals surface area contributed by atoms with Crippen LogP contribution >= 0.6 is 11.8 Å². The van der Waals surface area contributed by atoms with Crippen LogP contribution in [0, 0.1) is 25.5 Å². The molecule has 1 heterocycles. The van der Waals surface area contributed by atoms with Crippen molar-refractivity contribution in [2.24, 2.45) is 5.73 Å². The molecule has 0 radical (unpaired) electrons. The summed E-state index contributed by atoms with van der Waals surface area (Å²) in [5, 5.41) is 0. The van der Waals surface area contributed by atoms with E-state index in [-0.39, 0.29) is 0 Å². The Balaban J connectivity index is 2.42. The highest BCUT2D eigenvalue weighted by atomic mass is 32.2. The number of pyridine rings is 1. The zero-order chi connectivity index (χ0) is 14.0. The zero-order valence-corrected chi connectivity index (χ0v) is 11.5. The average molecular weight is 280 g/mol. The van der Waals surface area contributed by atoms with E-state index in [1.165, 1.54) is 23.9 Å². The van der Waals surface area contributed by atoms with Crippen LogP contribution in [0.15, 0.2) is 34.1 Å². The number of nitrogens with two attached hydrogens (primary N) is 1. The Bertz CT molecular complexity index is 615. The van der Waals surface area contributed by atoms with Gasteiger partial charge in [-0.15, -0.1) is 0 Å². The van der Waals surface area contributed by atoms with Crippen molar-refractivity contribution < 1.29 is 8.78 Å². The van der Waals surface area contributed by atoms with Crippen LogP contribution in [0.4, 0.5) is 8.78 Å². The topological polar surface area (TPSA) is 38.9 Å². The fraction of sp³-hybridized carbons (Fsp3) is 0.214. The molecule has 2 aromatic rings. The van der Waals surface area contributed by atoms with Crippen molar-refractivity contribution in [1.82, 2.24) is 4.98 Å². The van der Waals surface area contributed by atoms with Gasteiger partial charge in [0.15, 0.2) is 0 Å². The highest BCUT2D eigenvalue weighted by molar-refractivity contribution is 7.99. The fourth-order valence-corrected chi connectivity index (χ4v) is 2.95. The molecule has 5 heteroatoms. The predicted molar refractivity (Wildman–Crippen MR) is 72.1 cm³/mol. The van der Waals surface area contributed by atoms with Crippen LogP contribution in [0.1, 0.15) is 17.0 Å². The molecule has 1 aromatic heterocycles. The molecule has 2 rings (SSSR count). The van der Waals surface area contributed by atoms with Gasteiger partial charge in [0.1, 0.15) is 11.6 Å². The van der Waals surface area contributed by atoms with Gasteiger partial charge in [-0.3, -0.25) is 4.98 Å². The zero-order valence-electron chi connectivity index (χ0n) is 10.7. The summed E-state index contributed by atoms with van der Waals surface area (Å²) >= 11 is 1.24. The number of rotatable bonds is 3. The van der Waals surface area contributed by atoms with E-state index in [0.717, 1.165) is 27.9 Å². The van der Waals surface area contributed by atoms with Gasteiger partial charge in [0.05, 0.1) is 0 Å². The van der Waals surface area contributed by atoms with Crippen molar-refractivity contribution in [2.75, 3.05) is 0 Å². The van der Waals surface area contributed by atoms with E-state index in [2.05, 4.69) is 4.98 Å². The van der Waals surface area contributed by atoms with Gasteiger partial charge in [-0.25, -0.2) is 8.78 Å². The van der Waals surface area contributed by atoms with E-state index in [4.69, 9.17) is 5.73 Å². The molecule has 0 aliphatic carbocycles. The number of hydrogen-bond donors (Lipinski definition) is 1. The summed E-state index contributed by atoms with van der Waals surface area (Å²) in [6.45, 7) is 4.09. The maximum absolute atomic E-state index is 13.7. The normalized spacial score (nSPS) is 10.8. The Labute approximate surface area is 115 Å². The van der Waals surface area contributed by atoms with Crippen molar-refractivity contribution in [3.63, 3.8) is 0 Å². The number of benzene rings is 1. The molecule has 0 bridgehead atoms. The standard InChI is InChI=1S/C14H14F2N2S/c1-8-5-14(11(7-17)9(2)18-8)19-13-4-3-10(15)6-12(13)16/h3-6H,7,17H2,1-2H3. The minimum absolute atomic E-state index is 0.338. The maximum atomic E-state index is 13.7. The van der Waals surface area contributed by atoms with E-state index in [0.29, 0.717) is 11.4 Å². The molecule has 0 aliphatic rings. The minimum Gasteiger partial charge on any atom is -0.326 e. The molecular weight excluding hydrogens is 266 g/mol. The number of nitrogens with zero attached hydrogens (tertiary/aromatic N) is 1. The second-order valence-corrected chi connectivity index (χ2v) is 5.29. The van der Waals surface area contributed by atoms with Gasteiger partial charge >= 0.3 is 0 Å². The van der Waals surface area contributed by atoms with Crippen LogP contribution in [0.25, 0.3) is 0 Å². The Morgan fingerprint density at radius 1 is 1.16 bits per heavy atom. The lowest BCUT2D eigenvalue weighted by molar-refractivity contribution is 0.565. The van der Waals surface area contributed by atoms with Crippen molar-refractivity contribution in [3.05, 3.63) is 52.9 Å². The van der Waals surface area contributed by atoms with E-state index in [9.17, 15) is 8.78 Å². The van der Waals surface area contributed by atoms with Gasteiger partial charge in [0.25, 0.3) is 0 Å². The van der Waals surface area contributed by atoms with Crippen LogP contribution in [-0.4, -0.2) is 4.98 Å². The molecule has 0 fully saturated rings. The first-order valence-corrected chi connectivity index (χ1v) is 6.63. The van der Waals surface area contributed by atoms with E-state index in [1.807, 2.05) is 19.9 Å². The molecule has 0 amide bonds. The summed E-state index contributed by atoms with van der Waals surface area (Å²) in [5.41, 5.74) is 8.29. The monoisotopic (exact) mass is 280 g/mol. The first kappa shape index (κ1) is 14.0. The first-order chi connectivity index (χ1) is 9.01.